The van der Waals surface area contributed by atoms with E-state index in [4.69, 9.17) is 4.55 Å². The van der Waals surface area contributed by atoms with Crippen LogP contribution < -0.4 is 0 Å². The van der Waals surface area contributed by atoms with Crippen LogP contribution >= 0.6 is 0 Å². The summed E-state index contributed by atoms with van der Waals surface area (Å²) in [6.45, 7) is 5.43. The first-order valence-corrected chi connectivity index (χ1v) is 10.2. The van der Waals surface area contributed by atoms with Gasteiger partial charge in [-0.1, -0.05) is 49.1 Å². The van der Waals surface area contributed by atoms with Crippen LogP contribution in [0.15, 0.2) is 71.0 Å². The molecule has 0 heterocycles. The van der Waals surface area contributed by atoms with Crippen molar-refractivity contribution in [3.8, 4) is 0 Å². The maximum absolute atomic E-state index is 11.2. The van der Waals surface area contributed by atoms with Crippen LogP contribution in [-0.2, 0) is 24.4 Å². The molecule has 0 unspecified atom stereocenters. The molecule has 0 atom stereocenters. The fraction of sp³-hybridized carbons (Fsp3) is 0.111. The molecule has 2 rings (SSSR count). The van der Waals surface area contributed by atoms with Crippen molar-refractivity contribution in [2.75, 3.05) is 7.11 Å². The number of benzene rings is 2. The van der Waals surface area contributed by atoms with Crippen molar-refractivity contribution in [3.05, 3.63) is 72.3 Å². The maximum atomic E-state index is 11.2. The molecule has 8 heteroatoms. The van der Waals surface area contributed by atoms with E-state index in [1.807, 2.05) is 19.1 Å². The number of rotatable bonds is 5. The Kier molecular flexibility index (Phi) is 7.91. The third kappa shape index (κ3) is 6.57. The molecule has 0 amide bonds. The van der Waals surface area contributed by atoms with Crippen molar-refractivity contribution >= 4 is 32.4 Å². The molecule has 0 radical (unpaired) electrons. The molecule has 0 aliphatic rings. The highest BCUT2D eigenvalue weighted by molar-refractivity contribution is 7.86. The Hall–Kier alpha value is -2.26. The molecular weight excluding hydrogens is 376 g/mol. The number of hydrogen-bond donors (Lipinski definition) is 1. The highest BCUT2D eigenvalue weighted by Crippen LogP contribution is 2.13. The van der Waals surface area contributed by atoms with E-state index in [-0.39, 0.29) is 9.79 Å². The first-order valence-electron chi connectivity index (χ1n) is 7.37. The Labute approximate surface area is 154 Å². The van der Waals surface area contributed by atoms with Crippen LogP contribution in [-0.4, -0.2) is 28.5 Å². The molecule has 0 aromatic heterocycles. The lowest BCUT2D eigenvalue weighted by molar-refractivity contribution is 0.397. The Balaban J connectivity index is 0.000000260. The fourth-order valence-corrected chi connectivity index (χ4v) is 2.95. The van der Waals surface area contributed by atoms with E-state index in [0.29, 0.717) is 0 Å². The van der Waals surface area contributed by atoms with E-state index in [0.717, 1.165) is 18.2 Å². The van der Waals surface area contributed by atoms with Crippen LogP contribution in [0, 0.1) is 0 Å². The lowest BCUT2D eigenvalue weighted by atomic mass is 10.2. The summed E-state index contributed by atoms with van der Waals surface area (Å²) in [5.74, 6) is 0. The van der Waals surface area contributed by atoms with Crippen molar-refractivity contribution in [2.24, 2.45) is 0 Å². The lowest BCUT2D eigenvalue weighted by Crippen LogP contribution is -2.02. The highest BCUT2D eigenvalue weighted by Gasteiger charge is 2.11. The van der Waals surface area contributed by atoms with Gasteiger partial charge in [0.25, 0.3) is 20.2 Å². The first-order chi connectivity index (χ1) is 12.1. The minimum Gasteiger partial charge on any atom is -0.282 e. The number of hydrogen-bond acceptors (Lipinski definition) is 5. The smallest absolute Gasteiger partial charge is 0.282 e. The zero-order chi connectivity index (χ0) is 19.8. The second kappa shape index (κ2) is 9.44. The van der Waals surface area contributed by atoms with Crippen LogP contribution in [0.25, 0.3) is 12.2 Å². The second-order valence-corrected chi connectivity index (χ2v) is 8.07. The Bertz CT molecular complexity index is 955. The largest absolute Gasteiger partial charge is 0.296 e. The minimum absolute atomic E-state index is 0.0826. The Morgan fingerprint density at radius 2 is 1.35 bits per heavy atom. The van der Waals surface area contributed by atoms with Gasteiger partial charge in [-0.3, -0.25) is 8.74 Å². The van der Waals surface area contributed by atoms with Crippen LogP contribution in [0.3, 0.4) is 0 Å². The van der Waals surface area contributed by atoms with E-state index in [1.165, 1.54) is 24.3 Å². The average molecular weight is 396 g/mol. The van der Waals surface area contributed by atoms with Gasteiger partial charge in [0.1, 0.15) is 0 Å². The summed E-state index contributed by atoms with van der Waals surface area (Å²) < 4.78 is 56.6. The summed E-state index contributed by atoms with van der Waals surface area (Å²) >= 11 is 0. The van der Waals surface area contributed by atoms with Gasteiger partial charge in [-0.05, 0) is 42.3 Å². The van der Waals surface area contributed by atoms with Crippen LogP contribution in [0.1, 0.15) is 18.1 Å². The molecule has 0 aliphatic heterocycles. The maximum Gasteiger partial charge on any atom is 0.296 e. The van der Waals surface area contributed by atoms with E-state index < -0.39 is 20.2 Å². The van der Waals surface area contributed by atoms with Gasteiger partial charge < -0.3 is 0 Å². The summed E-state index contributed by atoms with van der Waals surface area (Å²) in [5, 5.41) is 0. The summed E-state index contributed by atoms with van der Waals surface area (Å²) in [4.78, 5) is 0.0707. The molecule has 26 heavy (non-hydrogen) atoms. The van der Waals surface area contributed by atoms with E-state index in [2.05, 4.69) is 10.8 Å². The predicted octanol–water partition coefficient (Wildman–Crippen LogP) is 3.63. The number of allylic oxidation sites excluding steroid dienone is 1. The van der Waals surface area contributed by atoms with Gasteiger partial charge in [-0.25, -0.2) is 0 Å². The normalized spacial score (nSPS) is 11.7. The van der Waals surface area contributed by atoms with E-state index in [9.17, 15) is 16.8 Å². The summed E-state index contributed by atoms with van der Waals surface area (Å²) in [6.07, 6.45) is 5.33. The predicted molar refractivity (Wildman–Crippen MR) is 102 cm³/mol. The molecular formula is C18H20O6S2. The summed E-state index contributed by atoms with van der Waals surface area (Å²) in [5.41, 5.74) is 1.77. The minimum atomic E-state index is -4.06. The van der Waals surface area contributed by atoms with Crippen molar-refractivity contribution in [1.29, 1.82) is 0 Å². The third-order valence-electron chi connectivity index (χ3n) is 3.16. The quantitative estimate of drug-likeness (QED) is 0.612. The van der Waals surface area contributed by atoms with Gasteiger partial charge in [0, 0.05) is 0 Å². The molecule has 0 bridgehead atoms. The fourth-order valence-electron chi connectivity index (χ4n) is 1.81. The van der Waals surface area contributed by atoms with Gasteiger partial charge in [-0.15, -0.1) is 0 Å². The van der Waals surface area contributed by atoms with Crippen molar-refractivity contribution in [1.82, 2.24) is 0 Å². The summed E-state index contributed by atoms with van der Waals surface area (Å²) in [6, 6.07) is 12.3. The Morgan fingerprint density at radius 1 is 0.885 bits per heavy atom. The van der Waals surface area contributed by atoms with E-state index in [1.54, 1.807) is 30.3 Å². The van der Waals surface area contributed by atoms with Gasteiger partial charge in [0.2, 0.25) is 0 Å². The van der Waals surface area contributed by atoms with Gasteiger partial charge in [0.15, 0.2) is 0 Å². The van der Waals surface area contributed by atoms with Gasteiger partial charge in [0.05, 0.1) is 16.9 Å². The SMILES string of the molecule is C=Cc1ccc(S(=O)(=O)OC)cc1.CC=Cc1ccc(S(=O)(=O)O)cc1. The van der Waals surface area contributed by atoms with Crippen LogP contribution in [0.5, 0.6) is 0 Å². The van der Waals surface area contributed by atoms with E-state index >= 15 is 0 Å². The third-order valence-corrected chi connectivity index (χ3v) is 5.32. The highest BCUT2D eigenvalue weighted by atomic mass is 32.2. The molecule has 2 aromatic rings. The molecule has 0 saturated carbocycles. The second-order valence-electron chi connectivity index (χ2n) is 4.94. The molecule has 0 aliphatic carbocycles. The van der Waals surface area contributed by atoms with Crippen molar-refractivity contribution in [3.63, 3.8) is 0 Å². The summed E-state index contributed by atoms with van der Waals surface area (Å²) in [7, 11) is -6.48. The standard InChI is InChI=1S/2C9H10O3S/c1-3-8-4-6-9(7-5-8)13(10,11)12-2;1-2-3-8-4-6-9(7-5-8)13(10,11)12/h3-7H,1H2,2H3;2-7H,1H3,(H,10,11,12). The molecule has 0 saturated heterocycles. The monoisotopic (exact) mass is 396 g/mol. The molecule has 0 fully saturated rings. The molecule has 1 N–H and O–H groups in total. The molecule has 140 valence electrons. The van der Waals surface area contributed by atoms with Crippen LogP contribution in [0.4, 0.5) is 0 Å². The lowest BCUT2D eigenvalue weighted by Gasteiger charge is -2.00. The average Bonchev–Trinajstić information content (AvgIpc) is 2.62. The molecule has 2 aromatic carbocycles. The van der Waals surface area contributed by atoms with Crippen molar-refractivity contribution < 1.29 is 25.6 Å². The van der Waals surface area contributed by atoms with Crippen molar-refractivity contribution in [2.45, 2.75) is 16.7 Å². The van der Waals surface area contributed by atoms with Gasteiger partial charge in [-0.2, -0.15) is 16.8 Å². The zero-order valence-electron chi connectivity index (χ0n) is 14.4. The first kappa shape index (κ1) is 21.8. The Morgan fingerprint density at radius 3 is 1.73 bits per heavy atom. The van der Waals surface area contributed by atoms with Crippen LogP contribution in [0.2, 0.25) is 0 Å². The zero-order valence-corrected chi connectivity index (χ0v) is 16.0. The van der Waals surface area contributed by atoms with Gasteiger partial charge >= 0.3 is 0 Å². The molecule has 0 spiro atoms. The molecule has 6 nitrogen and oxygen atoms in total. The topological polar surface area (TPSA) is 97.7 Å².